The van der Waals surface area contributed by atoms with E-state index in [4.69, 9.17) is 0 Å². The van der Waals surface area contributed by atoms with Gasteiger partial charge in [0.25, 0.3) is 5.91 Å². The molecule has 0 fully saturated rings. The Kier molecular flexibility index (Phi) is 6.14. The molecule has 4 rings (SSSR count). The van der Waals surface area contributed by atoms with E-state index in [2.05, 4.69) is 20.3 Å². The summed E-state index contributed by atoms with van der Waals surface area (Å²) in [5.41, 5.74) is 2.35. The van der Waals surface area contributed by atoms with Gasteiger partial charge in [-0.1, -0.05) is 18.2 Å². The van der Waals surface area contributed by atoms with Gasteiger partial charge in [0, 0.05) is 37.1 Å². The number of nitrogens with one attached hydrogen (secondary N) is 1. The number of carbonyl (C=O) groups excluding carboxylic acids is 1. The molecule has 0 saturated heterocycles. The first-order valence-electron chi connectivity index (χ1n) is 9.23. The number of nitrogens with zero attached hydrogens (tertiary/aromatic N) is 4. The minimum Gasteiger partial charge on any atom is -0.348 e. The number of rotatable bonds is 7. The lowest BCUT2D eigenvalue weighted by atomic mass is 10.2. The van der Waals surface area contributed by atoms with Crippen LogP contribution in [0.2, 0.25) is 0 Å². The molecular formula is C22H18FN5OS. The molecule has 30 heavy (non-hydrogen) atoms. The van der Waals surface area contributed by atoms with E-state index in [9.17, 15) is 9.18 Å². The highest BCUT2D eigenvalue weighted by molar-refractivity contribution is 7.98. The van der Waals surface area contributed by atoms with Crippen LogP contribution in [0.3, 0.4) is 0 Å². The highest BCUT2D eigenvalue weighted by atomic mass is 32.2. The van der Waals surface area contributed by atoms with Gasteiger partial charge in [-0.05, 0) is 41.5 Å². The maximum Gasteiger partial charge on any atom is 0.254 e. The SMILES string of the molecule is O=C(NCc1ccc(-n2ccnc2)nc1)c1cccnc1SCc1ccc(F)cc1. The molecule has 0 atom stereocenters. The normalized spacial score (nSPS) is 10.7. The van der Waals surface area contributed by atoms with Crippen molar-refractivity contribution in [3.8, 4) is 5.82 Å². The van der Waals surface area contributed by atoms with Gasteiger partial charge in [0.2, 0.25) is 0 Å². The number of pyridine rings is 2. The average Bonchev–Trinajstić information content (AvgIpc) is 3.33. The summed E-state index contributed by atoms with van der Waals surface area (Å²) in [5.74, 6) is 0.879. The Balaban J connectivity index is 1.38. The van der Waals surface area contributed by atoms with Crippen LogP contribution in [0.4, 0.5) is 4.39 Å². The van der Waals surface area contributed by atoms with Crippen molar-refractivity contribution >= 4 is 17.7 Å². The smallest absolute Gasteiger partial charge is 0.254 e. The Bertz CT molecular complexity index is 1120. The molecule has 6 nitrogen and oxygen atoms in total. The molecule has 3 aromatic heterocycles. The minimum absolute atomic E-state index is 0.205. The van der Waals surface area contributed by atoms with Crippen molar-refractivity contribution in [2.24, 2.45) is 0 Å². The maximum absolute atomic E-state index is 13.1. The molecule has 1 N–H and O–H groups in total. The molecule has 1 aromatic carbocycles. The van der Waals surface area contributed by atoms with Crippen molar-refractivity contribution in [1.29, 1.82) is 0 Å². The molecule has 0 saturated carbocycles. The van der Waals surface area contributed by atoms with Gasteiger partial charge in [-0.2, -0.15) is 0 Å². The second kappa shape index (κ2) is 9.32. The van der Waals surface area contributed by atoms with Crippen molar-refractivity contribution in [2.75, 3.05) is 0 Å². The molecule has 1 amide bonds. The van der Waals surface area contributed by atoms with Crippen LogP contribution in [-0.2, 0) is 12.3 Å². The first-order chi connectivity index (χ1) is 14.7. The van der Waals surface area contributed by atoms with Crippen LogP contribution in [0.5, 0.6) is 0 Å². The second-order valence-corrected chi connectivity index (χ2v) is 7.41. The van der Waals surface area contributed by atoms with E-state index < -0.39 is 0 Å². The third-order valence-corrected chi connectivity index (χ3v) is 5.41. The van der Waals surface area contributed by atoms with Gasteiger partial charge in [0.1, 0.15) is 23.0 Å². The van der Waals surface area contributed by atoms with E-state index in [0.29, 0.717) is 22.9 Å². The standard InChI is InChI=1S/C22H18FN5OS/c23-18-6-3-16(4-7-18)14-30-22-19(2-1-9-25-22)21(29)27-13-17-5-8-20(26-12-17)28-11-10-24-15-28/h1-12,15H,13-14H2,(H,27,29). The van der Waals surface area contributed by atoms with Gasteiger partial charge in [-0.3, -0.25) is 9.36 Å². The highest BCUT2D eigenvalue weighted by Gasteiger charge is 2.13. The number of hydrogen-bond acceptors (Lipinski definition) is 5. The lowest BCUT2D eigenvalue weighted by Crippen LogP contribution is -2.23. The van der Waals surface area contributed by atoms with E-state index >= 15 is 0 Å². The summed E-state index contributed by atoms with van der Waals surface area (Å²) in [6.07, 6.45) is 8.57. The van der Waals surface area contributed by atoms with Crippen molar-refractivity contribution < 1.29 is 9.18 Å². The fraction of sp³-hybridized carbons (Fsp3) is 0.0909. The molecule has 150 valence electrons. The molecule has 0 aliphatic carbocycles. The van der Waals surface area contributed by atoms with Gasteiger partial charge < -0.3 is 5.32 Å². The number of hydrogen-bond donors (Lipinski definition) is 1. The predicted molar refractivity (Wildman–Crippen MR) is 113 cm³/mol. The van der Waals surface area contributed by atoms with Crippen LogP contribution < -0.4 is 5.32 Å². The van der Waals surface area contributed by atoms with Crippen molar-refractivity contribution in [2.45, 2.75) is 17.3 Å². The molecule has 3 heterocycles. The zero-order valence-corrected chi connectivity index (χ0v) is 16.7. The fourth-order valence-electron chi connectivity index (χ4n) is 2.76. The fourth-order valence-corrected chi connectivity index (χ4v) is 3.70. The summed E-state index contributed by atoms with van der Waals surface area (Å²) >= 11 is 1.44. The predicted octanol–water partition coefficient (Wildman–Crippen LogP) is 4.02. The van der Waals surface area contributed by atoms with Crippen LogP contribution in [0.25, 0.3) is 5.82 Å². The summed E-state index contributed by atoms with van der Waals surface area (Å²) < 4.78 is 14.9. The van der Waals surface area contributed by atoms with Crippen LogP contribution in [-0.4, -0.2) is 25.4 Å². The quantitative estimate of drug-likeness (QED) is 0.458. The van der Waals surface area contributed by atoms with Gasteiger partial charge >= 0.3 is 0 Å². The molecule has 0 aliphatic rings. The van der Waals surface area contributed by atoms with Crippen LogP contribution in [0.1, 0.15) is 21.5 Å². The summed E-state index contributed by atoms with van der Waals surface area (Å²) in [7, 11) is 0. The van der Waals surface area contributed by atoms with E-state index in [1.54, 1.807) is 49.2 Å². The Morgan fingerprint density at radius 1 is 1.03 bits per heavy atom. The van der Waals surface area contributed by atoms with E-state index in [0.717, 1.165) is 16.9 Å². The second-order valence-electron chi connectivity index (χ2n) is 6.45. The first-order valence-corrected chi connectivity index (χ1v) is 10.2. The van der Waals surface area contributed by atoms with Crippen LogP contribution in [0.15, 0.2) is 84.7 Å². The van der Waals surface area contributed by atoms with Gasteiger partial charge in [0.15, 0.2) is 0 Å². The molecule has 0 unspecified atom stereocenters. The minimum atomic E-state index is -0.269. The van der Waals surface area contributed by atoms with Gasteiger partial charge in [-0.15, -0.1) is 11.8 Å². The van der Waals surface area contributed by atoms with E-state index in [-0.39, 0.29) is 11.7 Å². The highest BCUT2D eigenvalue weighted by Crippen LogP contribution is 2.24. The summed E-state index contributed by atoms with van der Waals surface area (Å²) in [4.78, 5) is 25.4. The Morgan fingerprint density at radius 3 is 2.60 bits per heavy atom. The van der Waals surface area contributed by atoms with E-state index in [1.807, 2.05) is 22.9 Å². The lowest BCUT2D eigenvalue weighted by molar-refractivity contribution is 0.0947. The number of aromatic nitrogens is 4. The van der Waals surface area contributed by atoms with Crippen molar-refractivity contribution in [3.05, 3.63) is 102 Å². The summed E-state index contributed by atoms with van der Waals surface area (Å²) in [6.45, 7) is 0.354. The third-order valence-electron chi connectivity index (χ3n) is 4.34. The topological polar surface area (TPSA) is 72.7 Å². The first kappa shape index (κ1) is 19.8. The Hall–Kier alpha value is -3.52. The number of imidazole rings is 1. The zero-order chi connectivity index (χ0) is 20.8. The molecular weight excluding hydrogens is 401 g/mol. The molecule has 0 aliphatic heterocycles. The molecule has 8 heteroatoms. The largest absolute Gasteiger partial charge is 0.348 e. The number of thioether (sulfide) groups is 1. The summed E-state index contributed by atoms with van der Waals surface area (Å²) in [6, 6.07) is 13.6. The molecule has 4 aromatic rings. The summed E-state index contributed by atoms with van der Waals surface area (Å²) in [5, 5.41) is 3.55. The lowest BCUT2D eigenvalue weighted by Gasteiger charge is -2.10. The monoisotopic (exact) mass is 419 g/mol. The molecule has 0 spiro atoms. The van der Waals surface area contributed by atoms with Crippen LogP contribution >= 0.6 is 11.8 Å². The maximum atomic E-state index is 13.1. The average molecular weight is 419 g/mol. The number of amides is 1. The van der Waals surface area contributed by atoms with Crippen molar-refractivity contribution in [1.82, 2.24) is 24.8 Å². The van der Waals surface area contributed by atoms with Crippen LogP contribution in [0, 0.1) is 5.82 Å². The molecule has 0 bridgehead atoms. The van der Waals surface area contributed by atoms with E-state index in [1.165, 1.54) is 23.9 Å². The van der Waals surface area contributed by atoms with Crippen molar-refractivity contribution in [3.63, 3.8) is 0 Å². The Labute approximate surface area is 177 Å². The Morgan fingerprint density at radius 2 is 1.87 bits per heavy atom. The number of carbonyl (C=O) groups is 1. The number of halogens is 1. The zero-order valence-electron chi connectivity index (χ0n) is 15.9. The van der Waals surface area contributed by atoms with Gasteiger partial charge in [0.05, 0.1) is 5.56 Å². The number of benzene rings is 1. The molecule has 0 radical (unpaired) electrons. The third kappa shape index (κ3) is 4.90. The van der Waals surface area contributed by atoms with Gasteiger partial charge in [-0.25, -0.2) is 19.3 Å².